The Balaban J connectivity index is 1.74. The molecular weight excluding hydrogens is 264 g/mol. The fourth-order valence-corrected chi connectivity index (χ4v) is 2.55. The van der Waals surface area contributed by atoms with Crippen molar-refractivity contribution in [1.29, 1.82) is 0 Å². The summed E-state index contributed by atoms with van der Waals surface area (Å²) in [6.07, 6.45) is 4.20. The molecule has 2 heterocycles. The van der Waals surface area contributed by atoms with Crippen LogP contribution in [0.3, 0.4) is 0 Å². The highest BCUT2D eigenvalue weighted by atomic mass is 16.5. The van der Waals surface area contributed by atoms with Crippen LogP contribution >= 0.6 is 0 Å². The van der Waals surface area contributed by atoms with E-state index in [1.165, 1.54) is 0 Å². The van der Waals surface area contributed by atoms with Crippen molar-refractivity contribution in [3.05, 3.63) is 48.7 Å². The van der Waals surface area contributed by atoms with Gasteiger partial charge in [0, 0.05) is 18.4 Å². The van der Waals surface area contributed by atoms with Crippen LogP contribution < -0.4 is 5.32 Å². The van der Waals surface area contributed by atoms with Crippen LogP contribution in [0.4, 0.5) is 5.69 Å². The summed E-state index contributed by atoms with van der Waals surface area (Å²) in [4.78, 5) is 16.5. The van der Waals surface area contributed by atoms with Gasteiger partial charge in [-0.15, -0.1) is 0 Å². The lowest BCUT2D eigenvalue weighted by molar-refractivity contribution is -0.118. The molecule has 0 bridgehead atoms. The monoisotopic (exact) mass is 282 g/mol. The van der Waals surface area contributed by atoms with Crippen molar-refractivity contribution < 1.29 is 9.53 Å². The quantitative estimate of drug-likeness (QED) is 0.936. The molecule has 1 aliphatic rings. The molecule has 1 unspecified atom stereocenters. The number of hydrogen-bond donors (Lipinski definition) is 1. The molecule has 1 aromatic heterocycles. The molecule has 1 aromatic carbocycles. The molecule has 2 aromatic rings. The summed E-state index contributed by atoms with van der Waals surface area (Å²) < 4.78 is 5.50. The molecule has 1 aliphatic heterocycles. The van der Waals surface area contributed by atoms with Gasteiger partial charge in [-0.2, -0.15) is 0 Å². The van der Waals surface area contributed by atoms with Gasteiger partial charge in [0.1, 0.15) is 0 Å². The van der Waals surface area contributed by atoms with Crippen molar-refractivity contribution in [3.8, 4) is 11.3 Å². The fraction of sp³-hybridized carbons (Fsp3) is 0.294. The van der Waals surface area contributed by atoms with Crippen LogP contribution in [0, 0.1) is 0 Å². The van der Waals surface area contributed by atoms with Gasteiger partial charge in [0.2, 0.25) is 5.91 Å². The molecule has 4 heteroatoms. The largest absolute Gasteiger partial charge is 0.378 e. The number of benzene rings is 1. The SMILES string of the molecule is O=C(CC1CCCO1)Nc1cccnc1-c1ccccc1. The average Bonchev–Trinajstić information content (AvgIpc) is 3.01. The van der Waals surface area contributed by atoms with Crippen LogP contribution in [0.2, 0.25) is 0 Å². The van der Waals surface area contributed by atoms with Gasteiger partial charge < -0.3 is 10.1 Å². The van der Waals surface area contributed by atoms with Gasteiger partial charge in [0.15, 0.2) is 0 Å². The van der Waals surface area contributed by atoms with Crippen molar-refractivity contribution >= 4 is 11.6 Å². The minimum absolute atomic E-state index is 0.0212. The summed E-state index contributed by atoms with van der Waals surface area (Å²) in [5.41, 5.74) is 2.52. The van der Waals surface area contributed by atoms with Crippen LogP contribution in [-0.4, -0.2) is 23.6 Å². The lowest BCUT2D eigenvalue weighted by atomic mass is 10.1. The maximum Gasteiger partial charge on any atom is 0.227 e. The van der Waals surface area contributed by atoms with E-state index in [1.54, 1.807) is 6.20 Å². The second kappa shape index (κ2) is 6.50. The van der Waals surface area contributed by atoms with E-state index in [2.05, 4.69) is 10.3 Å². The summed E-state index contributed by atoms with van der Waals surface area (Å²) in [5, 5.41) is 2.95. The maximum absolute atomic E-state index is 12.1. The Hall–Kier alpha value is -2.20. The van der Waals surface area contributed by atoms with Crippen molar-refractivity contribution in [2.45, 2.75) is 25.4 Å². The fourth-order valence-electron chi connectivity index (χ4n) is 2.55. The number of carbonyl (C=O) groups is 1. The third kappa shape index (κ3) is 3.47. The molecule has 1 atom stereocenters. The lowest BCUT2D eigenvalue weighted by Gasteiger charge is -2.12. The molecule has 0 spiro atoms. The standard InChI is InChI=1S/C17H18N2O2/c20-16(12-14-8-5-11-21-14)19-15-9-4-10-18-17(15)13-6-2-1-3-7-13/h1-4,6-7,9-10,14H,5,8,11-12H2,(H,19,20). The number of nitrogens with zero attached hydrogens (tertiary/aromatic N) is 1. The number of pyridine rings is 1. The van der Waals surface area contributed by atoms with Crippen molar-refractivity contribution in [2.75, 3.05) is 11.9 Å². The first-order valence-corrected chi connectivity index (χ1v) is 7.25. The van der Waals surface area contributed by atoms with Gasteiger partial charge in [0.25, 0.3) is 0 Å². The predicted molar refractivity (Wildman–Crippen MR) is 81.9 cm³/mol. The summed E-state index contributed by atoms with van der Waals surface area (Å²) in [7, 11) is 0. The Bertz CT molecular complexity index is 607. The Morgan fingerprint density at radius 3 is 2.86 bits per heavy atom. The van der Waals surface area contributed by atoms with E-state index in [0.717, 1.165) is 36.4 Å². The molecule has 1 saturated heterocycles. The van der Waals surface area contributed by atoms with Crippen LogP contribution in [0.1, 0.15) is 19.3 Å². The van der Waals surface area contributed by atoms with E-state index in [0.29, 0.717) is 6.42 Å². The van der Waals surface area contributed by atoms with Crippen molar-refractivity contribution in [3.63, 3.8) is 0 Å². The van der Waals surface area contributed by atoms with E-state index in [4.69, 9.17) is 4.74 Å². The van der Waals surface area contributed by atoms with Crippen molar-refractivity contribution in [2.24, 2.45) is 0 Å². The topological polar surface area (TPSA) is 51.2 Å². The normalized spacial score (nSPS) is 17.6. The molecule has 3 rings (SSSR count). The molecule has 4 nitrogen and oxygen atoms in total. The van der Waals surface area contributed by atoms with Crippen LogP contribution in [0.15, 0.2) is 48.7 Å². The summed E-state index contributed by atoms with van der Waals surface area (Å²) in [6.45, 7) is 0.764. The minimum Gasteiger partial charge on any atom is -0.378 e. The van der Waals surface area contributed by atoms with Crippen LogP contribution in [-0.2, 0) is 9.53 Å². The molecule has 0 radical (unpaired) electrons. The minimum atomic E-state index is -0.0212. The predicted octanol–water partition coefficient (Wildman–Crippen LogP) is 3.26. The average molecular weight is 282 g/mol. The second-order valence-corrected chi connectivity index (χ2v) is 5.15. The first kappa shape index (κ1) is 13.8. The van der Waals surface area contributed by atoms with Crippen LogP contribution in [0.5, 0.6) is 0 Å². The Labute approximate surface area is 124 Å². The zero-order valence-electron chi connectivity index (χ0n) is 11.8. The smallest absolute Gasteiger partial charge is 0.227 e. The summed E-state index contributed by atoms with van der Waals surface area (Å²) in [6, 6.07) is 13.6. The Kier molecular flexibility index (Phi) is 4.26. The van der Waals surface area contributed by atoms with Gasteiger partial charge in [-0.3, -0.25) is 9.78 Å². The van der Waals surface area contributed by atoms with Gasteiger partial charge >= 0.3 is 0 Å². The zero-order valence-corrected chi connectivity index (χ0v) is 11.8. The van der Waals surface area contributed by atoms with Crippen LogP contribution in [0.25, 0.3) is 11.3 Å². The van der Waals surface area contributed by atoms with E-state index in [9.17, 15) is 4.79 Å². The van der Waals surface area contributed by atoms with E-state index < -0.39 is 0 Å². The van der Waals surface area contributed by atoms with E-state index in [-0.39, 0.29) is 12.0 Å². The highest BCUT2D eigenvalue weighted by Crippen LogP contribution is 2.25. The highest BCUT2D eigenvalue weighted by molar-refractivity contribution is 5.94. The van der Waals surface area contributed by atoms with E-state index in [1.807, 2.05) is 42.5 Å². The maximum atomic E-state index is 12.1. The third-order valence-electron chi connectivity index (χ3n) is 3.57. The van der Waals surface area contributed by atoms with Gasteiger partial charge in [-0.1, -0.05) is 30.3 Å². The zero-order chi connectivity index (χ0) is 14.5. The number of rotatable bonds is 4. The number of anilines is 1. The first-order chi connectivity index (χ1) is 10.3. The second-order valence-electron chi connectivity index (χ2n) is 5.15. The Morgan fingerprint density at radius 1 is 1.24 bits per heavy atom. The molecule has 108 valence electrons. The summed E-state index contributed by atoms with van der Waals surface area (Å²) in [5.74, 6) is -0.0212. The molecule has 1 amide bonds. The van der Waals surface area contributed by atoms with E-state index >= 15 is 0 Å². The molecule has 21 heavy (non-hydrogen) atoms. The molecular formula is C17H18N2O2. The molecule has 0 aliphatic carbocycles. The number of amides is 1. The van der Waals surface area contributed by atoms with Gasteiger partial charge in [0.05, 0.1) is 23.9 Å². The Morgan fingerprint density at radius 2 is 2.10 bits per heavy atom. The molecule has 1 fully saturated rings. The number of carbonyl (C=O) groups excluding carboxylic acids is 1. The summed E-state index contributed by atoms with van der Waals surface area (Å²) >= 11 is 0. The van der Waals surface area contributed by atoms with Crippen molar-refractivity contribution in [1.82, 2.24) is 4.98 Å². The lowest BCUT2D eigenvalue weighted by Crippen LogP contribution is -2.19. The third-order valence-corrected chi connectivity index (χ3v) is 3.57. The molecule has 0 saturated carbocycles. The number of ether oxygens (including phenoxy) is 1. The number of nitrogens with one attached hydrogen (secondary N) is 1. The molecule has 1 N–H and O–H groups in total. The van der Waals surface area contributed by atoms with Gasteiger partial charge in [-0.05, 0) is 25.0 Å². The van der Waals surface area contributed by atoms with Gasteiger partial charge in [-0.25, -0.2) is 0 Å². The number of aromatic nitrogens is 1. The highest BCUT2D eigenvalue weighted by Gasteiger charge is 2.19. The first-order valence-electron chi connectivity index (χ1n) is 7.25. The number of hydrogen-bond acceptors (Lipinski definition) is 3.